The van der Waals surface area contributed by atoms with Crippen LogP contribution in [0.1, 0.15) is 43.5 Å². The van der Waals surface area contributed by atoms with Gasteiger partial charge in [-0.05, 0) is 24.3 Å². The van der Waals surface area contributed by atoms with Gasteiger partial charge in [0.25, 0.3) is 5.91 Å². The molecule has 3 unspecified atom stereocenters. The molecule has 0 heterocycles. The second-order valence-electron chi connectivity index (χ2n) is 5.78. The Labute approximate surface area is 123 Å². The molecule has 2 rings (SSSR count). The van der Waals surface area contributed by atoms with Crippen LogP contribution < -0.4 is 5.32 Å². The highest BCUT2D eigenvalue weighted by Crippen LogP contribution is 2.32. The molecule has 0 aromatic heterocycles. The van der Waals surface area contributed by atoms with E-state index in [2.05, 4.69) is 19.2 Å². The van der Waals surface area contributed by atoms with Crippen LogP contribution in [-0.2, 0) is 0 Å². The molecule has 1 saturated carbocycles. The van der Waals surface area contributed by atoms with Crippen molar-refractivity contribution in [2.45, 2.75) is 39.2 Å². The van der Waals surface area contributed by atoms with Gasteiger partial charge in [-0.15, -0.1) is 0 Å². The Balaban J connectivity index is 2.17. The SMILES string of the molecule is CC1CCCC(NC(=O)c2cccc([N+](=O)[O-])c2O)C1C. The summed E-state index contributed by atoms with van der Waals surface area (Å²) in [7, 11) is 0. The van der Waals surface area contributed by atoms with Crippen LogP contribution in [0.3, 0.4) is 0 Å². The van der Waals surface area contributed by atoms with Gasteiger partial charge in [-0.3, -0.25) is 14.9 Å². The molecule has 1 aliphatic rings. The fourth-order valence-corrected chi connectivity index (χ4v) is 2.89. The minimum atomic E-state index is -0.697. The van der Waals surface area contributed by atoms with Gasteiger partial charge in [-0.1, -0.05) is 32.8 Å². The van der Waals surface area contributed by atoms with Crippen LogP contribution in [0.4, 0.5) is 5.69 Å². The Morgan fingerprint density at radius 3 is 2.76 bits per heavy atom. The number of hydrogen-bond acceptors (Lipinski definition) is 4. The molecule has 1 aliphatic carbocycles. The molecule has 3 atom stereocenters. The maximum absolute atomic E-state index is 12.3. The lowest BCUT2D eigenvalue weighted by atomic mass is 9.78. The number of hydrogen-bond donors (Lipinski definition) is 2. The number of nitrogens with zero attached hydrogens (tertiary/aromatic N) is 1. The summed E-state index contributed by atoms with van der Waals surface area (Å²) >= 11 is 0. The quantitative estimate of drug-likeness (QED) is 0.661. The van der Waals surface area contributed by atoms with Gasteiger partial charge in [-0.25, -0.2) is 0 Å². The summed E-state index contributed by atoms with van der Waals surface area (Å²) in [6, 6.07) is 4.02. The third kappa shape index (κ3) is 3.15. The number of nitro groups is 1. The monoisotopic (exact) mass is 292 g/mol. The molecule has 1 amide bonds. The van der Waals surface area contributed by atoms with Crippen molar-refractivity contribution in [1.29, 1.82) is 0 Å². The molecule has 0 radical (unpaired) electrons. The van der Waals surface area contributed by atoms with Crippen molar-refractivity contribution in [2.24, 2.45) is 11.8 Å². The van der Waals surface area contributed by atoms with E-state index in [1.54, 1.807) is 0 Å². The van der Waals surface area contributed by atoms with Crippen molar-refractivity contribution >= 4 is 11.6 Å². The molecule has 0 bridgehead atoms. The summed E-state index contributed by atoms with van der Waals surface area (Å²) in [6.45, 7) is 4.26. The first-order chi connectivity index (χ1) is 9.91. The lowest BCUT2D eigenvalue weighted by Gasteiger charge is -2.34. The van der Waals surface area contributed by atoms with Crippen LogP contribution in [0.5, 0.6) is 5.75 Å². The van der Waals surface area contributed by atoms with E-state index >= 15 is 0 Å². The number of carbonyl (C=O) groups is 1. The van der Waals surface area contributed by atoms with E-state index in [9.17, 15) is 20.0 Å². The number of para-hydroxylation sites is 1. The average molecular weight is 292 g/mol. The number of nitrogens with one attached hydrogen (secondary N) is 1. The molecule has 21 heavy (non-hydrogen) atoms. The smallest absolute Gasteiger partial charge is 0.311 e. The fraction of sp³-hybridized carbons (Fsp3) is 0.533. The van der Waals surface area contributed by atoms with Crippen molar-refractivity contribution in [3.8, 4) is 5.75 Å². The van der Waals surface area contributed by atoms with Crippen LogP contribution >= 0.6 is 0 Å². The second-order valence-corrected chi connectivity index (χ2v) is 5.78. The lowest BCUT2D eigenvalue weighted by molar-refractivity contribution is -0.385. The first-order valence-corrected chi connectivity index (χ1v) is 7.19. The van der Waals surface area contributed by atoms with E-state index in [1.165, 1.54) is 18.2 Å². The van der Waals surface area contributed by atoms with Crippen LogP contribution in [0.2, 0.25) is 0 Å². The minimum Gasteiger partial charge on any atom is -0.502 e. The fourth-order valence-electron chi connectivity index (χ4n) is 2.89. The third-order valence-electron chi connectivity index (χ3n) is 4.48. The van der Waals surface area contributed by atoms with Gasteiger partial charge in [-0.2, -0.15) is 0 Å². The molecule has 0 saturated heterocycles. The molecule has 0 spiro atoms. The number of phenols is 1. The molecule has 2 N–H and O–H groups in total. The highest BCUT2D eigenvalue weighted by molar-refractivity contribution is 5.98. The minimum absolute atomic E-state index is 0.0416. The second kappa shape index (κ2) is 6.11. The van der Waals surface area contributed by atoms with Crippen molar-refractivity contribution in [1.82, 2.24) is 5.32 Å². The van der Waals surface area contributed by atoms with Gasteiger partial charge in [0.15, 0.2) is 0 Å². The molecule has 114 valence electrons. The molecular weight excluding hydrogens is 272 g/mol. The lowest BCUT2D eigenvalue weighted by Crippen LogP contribution is -2.43. The predicted molar refractivity (Wildman–Crippen MR) is 78.2 cm³/mol. The highest BCUT2D eigenvalue weighted by atomic mass is 16.6. The van der Waals surface area contributed by atoms with E-state index in [1.807, 2.05) is 0 Å². The van der Waals surface area contributed by atoms with Gasteiger partial charge < -0.3 is 10.4 Å². The number of nitro benzene ring substituents is 1. The Kier molecular flexibility index (Phi) is 4.45. The van der Waals surface area contributed by atoms with E-state index in [0.29, 0.717) is 11.8 Å². The molecule has 1 aromatic rings. The summed E-state index contributed by atoms with van der Waals surface area (Å²) in [4.78, 5) is 22.4. The number of aromatic hydroxyl groups is 1. The molecule has 1 fully saturated rings. The van der Waals surface area contributed by atoms with Gasteiger partial charge in [0.1, 0.15) is 0 Å². The average Bonchev–Trinajstić information content (AvgIpc) is 2.43. The Bertz CT molecular complexity index is 559. The Morgan fingerprint density at radius 1 is 1.38 bits per heavy atom. The van der Waals surface area contributed by atoms with Crippen LogP contribution in [0, 0.1) is 22.0 Å². The number of amides is 1. The first kappa shape index (κ1) is 15.3. The maximum Gasteiger partial charge on any atom is 0.311 e. The van der Waals surface area contributed by atoms with Crippen LogP contribution in [-0.4, -0.2) is 22.0 Å². The van der Waals surface area contributed by atoms with Crippen molar-refractivity contribution in [3.63, 3.8) is 0 Å². The van der Waals surface area contributed by atoms with Crippen LogP contribution in [0.15, 0.2) is 18.2 Å². The van der Waals surface area contributed by atoms with E-state index in [-0.39, 0.29) is 11.6 Å². The van der Waals surface area contributed by atoms with Gasteiger partial charge >= 0.3 is 5.69 Å². The molecule has 6 nitrogen and oxygen atoms in total. The van der Waals surface area contributed by atoms with Crippen molar-refractivity contribution in [2.75, 3.05) is 0 Å². The largest absolute Gasteiger partial charge is 0.502 e. The number of benzene rings is 1. The summed E-state index contributed by atoms with van der Waals surface area (Å²) in [6.07, 6.45) is 3.10. The highest BCUT2D eigenvalue weighted by Gasteiger charge is 2.29. The number of rotatable bonds is 3. The van der Waals surface area contributed by atoms with E-state index in [0.717, 1.165) is 19.3 Å². The first-order valence-electron chi connectivity index (χ1n) is 7.19. The van der Waals surface area contributed by atoms with Crippen molar-refractivity contribution in [3.05, 3.63) is 33.9 Å². The standard InChI is InChI=1S/C15H20N2O4/c1-9-5-3-7-12(10(9)2)16-15(19)11-6-4-8-13(14(11)18)17(20)21/h4,6,8-10,12,18H,3,5,7H2,1-2H3,(H,16,19). The third-order valence-corrected chi connectivity index (χ3v) is 4.48. The predicted octanol–water partition coefficient (Wildman–Crippen LogP) is 2.85. The zero-order chi connectivity index (χ0) is 15.6. The summed E-state index contributed by atoms with van der Waals surface area (Å²) in [5, 5.41) is 23.6. The van der Waals surface area contributed by atoms with Gasteiger partial charge in [0.2, 0.25) is 5.75 Å². The van der Waals surface area contributed by atoms with Crippen molar-refractivity contribution < 1.29 is 14.8 Å². The molecule has 0 aliphatic heterocycles. The Morgan fingerprint density at radius 2 is 2.10 bits per heavy atom. The number of phenolic OH excluding ortho intramolecular Hbond substituents is 1. The van der Waals surface area contributed by atoms with E-state index in [4.69, 9.17) is 0 Å². The number of carbonyl (C=O) groups excluding carboxylic acids is 1. The van der Waals surface area contributed by atoms with E-state index < -0.39 is 22.3 Å². The summed E-state index contributed by atoms with van der Waals surface area (Å²) in [5.74, 6) is -0.148. The zero-order valence-electron chi connectivity index (χ0n) is 12.2. The summed E-state index contributed by atoms with van der Waals surface area (Å²) < 4.78 is 0. The van der Waals surface area contributed by atoms with Gasteiger partial charge in [0, 0.05) is 12.1 Å². The topological polar surface area (TPSA) is 92.5 Å². The normalized spacial score (nSPS) is 25.3. The Hall–Kier alpha value is -2.11. The molecule has 1 aromatic carbocycles. The zero-order valence-corrected chi connectivity index (χ0v) is 12.2. The molecule has 6 heteroatoms. The molecular formula is C15H20N2O4. The van der Waals surface area contributed by atoms with Gasteiger partial charge in [0.05, 0.1) is 10.5 Å². The summed E-state index contributed by atoms with van der Waals surface area (Å²) in [5.41, 5.74) is -0.498. The van der Waals surface area contributed by atoms with Crippen LogP contribution in [0.25, 0.3) is 0 Å². The maximum atomic E-state index is 12.3.